The number of carbonyl (C=O) groups is 1. The lowest BCUT2D eigenvalue weighted by molar-refractivity contribution is 0.112. The highest BCUT2D eigenvalue weighted by Crippen LogP contribution is 2.34. The number of aryl methyl sites for hydroxylation is 4. The average Bonchev–Trinajstić information content (AvgIpc) is 2.54. The predicted molar refractivity (Wildman–Crippen MR) is 105 cm³/mol. The molecular formula is C24H24O. The van der Waals surface area contributed by atoms with Gasteiger partial charge in [-0.15, -0.1) is 0 Å². The van der Waals surface area contributed by atoms with E-state index >= 15 is 0 Å². The fourth-order valence-corrected chi connectivity index (χ4v) is 3.70. The minimum absolute atomic E-state index is 0.165. The first-order valence-electron chi connectivity index (χ1n) is 8.68. The Bertz CT molecular complexity index is 812. The third-order valence-electron chi connectivity index (χ3n) is 4.56. The first-order valence-corrected chi connectivity index (χ1v) is 8.68. The molecule has 0 saturated carbocycles. The zero-order chi connectivity index (χ0) is 18.0. The summed E-state index contributed by atoms with van der Waals surface area (Å²) >= 11 is 0. The van der Waals surface area contributed by atoms with Crippen LogP contribution in [0.3, 0.4) is 0 Å². The number of aldehydes is 1. The van der Waals surface area contributed by atoms with Gasteiger partial charge in [0.15, 0.2) is 0 Å². The van der Waals surface area contributed by atoms with Gasteiger partial charge in [-0.3, -0.25) is 4.79 Å². The zero-order valence-corrected chi connectivity index (χ0v) is 15.3. The van der Waals surface area contributed by atoms with Crippen LogP contribution in [0.25, 0.3) is 0 Å². The Kier molecular flexibility index (Phi) is 4.85. The molecule has 0 aromatic heterocycles. The highest BCUT2D eigenvalue weighted by molar-refractivity contribution is 5.74. The summed E-state index contributed by atoms with van der Waals surface area (Å²) in [6.45, 7) is 8.57. The predicted octanol–water partition coefficient (Wildman–Crippen LogP) is 5.91. The highest BCUT2D eigenvalue weighted by Gasteiger charge is 2.18. The van der Waals surface area contributed by atoms with Crippen molar-refractivity contribution >= 4 is 6.29 Å². The molecule has 0 saturated heterocycles. The summed E-state index contributed by atoms with van der Waals surface area (Å²) in [7, 11) is 0. The van der Waals surface area contributed by atoms with Crippen molar-refractivity contribution in [2.45, 2.75) is 33.6 Å². The molecule has 0 heterocycles. The van der Waals surface area contributed by atoms with Gasteiger partial charge < -0.3 is 0 Å². The van der Waals surface area contributed by atoms with E-state index in [9.17, 15) is 4.79 Å². The van der Waals surface area contributed by atoms with Crippen molar-refractivity contribution in [3.63, 3.8) is 0 Å². The molecule has 25 heavy (non-hydrogen) atoms. The van der Waals surface area contributed by atoms with Crippen molar-refractivity contribution in [3.8, 4) is 0 Å². The van der Waals surface area contributed by atoms with Crippen LogP contribution in [-0.2, 0) is 0 Å². The Balaban J connectivity index is 2.20. The third kappa shape index (κ3) is 3.88. The molecule has 0 bridgehead atoms. The largest absolute Gasteiger partial charge is 0.298 e. The number of rotatable bonds is 4. The van der Waals surface area contributed by atoms with Crippen LogP contribution in [0.5, 0.6) is 0 Å². The fourth-order valence-electron chi connectivity index (χ4n) is 3.70. The van der Waals surface area contributed by atoms with Gasteiger partial charge in [-0.05, 0) is 44.4 Å². The Morgan fingerprint density at radius 2 is 1.00 bits per heavy atom. The van der Waals surface area contributed by atoms with Gasteiger partial charge in [0.1, 0.15) is 6.29 Å². The number of benzene rings is 3. The van der Waals surface area contributed by atoms with Crippen LogP contribution in [0.1, 0.15) is 55.2 Å². The Morgan fingerprint density at radius 3 is 1.36 bits per heavy atom. The molecule has 0 spiro atoms. The maximum atomic E-state index is 11.0. The summed E-state index contributed by atoms with van der Waals surface area (Å²) in [5.74, 6) is 0.165. The van der Waals surface area contributed by atoms with E-state index < -0.39 is 0 Å². The Morgan fingerprint density at radius 1 is 0.600 bits per heavy atom. The Hall–Kier alpha value is -2.67. The second-order valence-corrected chi connectivity index (χ2v) is 7.06. The molecule has 3 aromatic carbocycles. The zero-order valence-electron chi connectivity index (χ0n) is 15.3. The molecule has 0 atom stereocenters. The smallest absolute Gasteiger partial charge is 0.150 e. The van der Waals surface area contributed by atoms with E-state index in [1.165, 1.54) is 38.9 Å². The molecule has 3 rings (SSSR count). The lowest BCUT2D eigenvalue weighted by Gasteiger charge is -2.21. The van der Waals surface area contributed by atoms with Crippen LogP contribution >= 0.6 is 0 Å². The Labute approximate surface area is 150 Å². The molecule has 0 fully saturated rings. The van der Waals surface area contributed by atoms with E-state index in [-0.39, 0.29) is 5.92 Å². The third-order valence-corrected chi connectivity index (χ3v) is 4.56. The number of carbonyl (C=O) groups excluding carboxylic acids is 1. The summed E-state index contributed by atoms with van der Waals surface area (Å²) in [6, 6.07) is 21.4. The minimum atomic E-state index is 0.165. The van der Waals surface area contributed by atoms with Crippen molar-refractivity contribution in [1.82, 2.24) is 0 Å². The van der Waals surface area contributed by atoms with Crippen molar-refractivity contribution in [1.29, 1.82) is 0 Å². The van der Waals surface area contributed by atoms with Gasteiger partial charge in [-0.25, -0.2) is 0 Å². The minimum Gasteiger partial charge on any atom is -0.298 e. The molecule has 0 aliphatic carbocycles. The fraction of sp³-hybridized carbons (Fsp3) is 0.208. The quantitative estimate of drug-likeness (QED) is 0.429. The molecule has 126 valence electrons. The summed E-state index contributed by atoms with van der Waals surface area (Å²) in [4.78, 5) is 11.0. The molecule has 0 unspecified atom stereocenters. The first-order chi connectivity index (χ1) is 12.0. The van der Waals surface area contributed by atoms with Crippen molar-refractivity contribution in [2.24, 2.45) is 0 Å². The molecule has 0 aliphatic heterocycles. The maximum absolute atomic E-state index is 11.0. The average molecular weight is 328 g/mol. The molecule has 3 aromatic rings. The summed E-state index contributed by atoms with van der Waals surface area (Å²) in [6.07, 6.45) is 0.895. The van der Waals surface area contributed by atoms with Gasteiger partial charge >= 0.3 is 0 Å². The normalized spacial score (nSPS) is 10.9. The molecule has 0 amide bonds. The topological polar surface area (TPSA) is 17.1 Å². The second kappa shape index (κ2) is 7.06. The molecule has 1 nitrogen and oxygen atoms in total. The van der Waals surface area contributed by atoms with E-state index in [0.29, 0.717) is 5.56 Å². The van der Waals surface area contributed by atoms with Gasteiger partial charge in [-0.1, -0.05) is 82.9 Å². The SMILES string of the molecule is Cc1cc(C)cc(C(c2ccc(C=O)cc2)c2cc(C)cc(C)c2)c1. The molecule has 0 radical (unpaired) electrons. The highest BCUT2D eigenvalue weighted by atomic mass is 16.1. The van der Waals surface area contributed by atoms with E-state index in [0.717, 1.165) is 6.29 Å². The van der Waals surface area contributed by atoms with Gasteiger partial charge in [0.25, 0.3) is 0 Å². The van der Waals surface area contributed by atoms with Crippen molar-refractivity contribution in [2.75, 3.05) is 0 Å². The van der Waals surface area contributed by atoms with Gasteiger partial charge in [0.05, 0.1) is 0 Å². The van der Waals surface area contributed by atoms with Gasteiger partial charge in [0, 0.05) is 11.5 Å². The van der Waals surface area contributed by atoms with Crippen LogP contribution < -0.4 is 0 Å². The number of hydrogen-bond acceptors (Lipinski definition) is 1. The lowest BCUT2D eigenvalue weighted by Crippen LogP contribution is -2.05. The molecule has 1 heteroatoms. The summed E-state index contributed by atoms with van der Waals surface area (Å²) in [5.41, 5.74) is 9.59. The van der Waals surface area contributed by atoms with E-state index in [4.69, 9.17) is 0 Å². The van der Waals surface area contributed by atoms with Crippen molar-refractivity contribution < 1.29 is 4.79 Å². The monoisotopic (exact) mass is 328 g/mol. The molecule has 0 aliphatic rings. The van der Waals surface area contributed by atoms with E-state index in [1.807, 2.05) is 12.1 Å². The molecular weight excluding hydrogens is 304 g/mol. The van der Waals surface area contributed by atoms with Crippen LogP contribution in [0, 0.1) is 27.7 Å². The van der Waals surface area contributed by atoms with Crippen LogP contribution in [0.4, 0.5) is 0 Å². The standard InChI is InChI=1S/C24H24O/c1-16-9-17(2)12-22(11-16)24(21-7-5-20(15-25)6-8-21)23-13-18(3)10-19(4)14-23/h5-15,24H,1-4H3. The lowest BCUT2D eigenvalue weighted by atomic mass is 9.82. The van der Waals surface area contributed by atoms with Gasteiger partial charge in [0.2, 0.25) is 0 Å². The van der Waals surface area contributed by atoms with Gasteiger partial charge in [-0.2, -0.15) is 0 Å². The van der Waals surface area contributed by atoms with E-state index in [2.05, 4.69) is 76.2 Å². The van der Waals surface area contributed by atoms with Crippen LogP contribution in [0.15, 0.2) is 60.7 Å². The molecule has 0 N–H and O–H groups in total. The maximum Gasteiger partial charge on any atom is 0.150 e. The first kappa shape index (κ1) is 17.2. The van der Waals surface area contributed by atoms with Crippen LogP contribution in [-0.4, -0.2) is 6.29 Å². The summed E-state index contributed by atoms with van der Waals surface area (Å²) < 4.78 is 0. The second-order valence-electron chi connectivity index (χ2n) is 7.06. The summed E-state index contributed by atoms with van der Waals surface area (Å²) in [5, 5.41) is 0. The van der Waals surface area contributed by atoms with E-state index in [1.54, 1.807) is 0 Å². The number of hydrogen-bond donors (Lipinski definition) is 0. The van der Waals surface area contributed by atoms with Crippen LogP contribution in [0.2, 0.25) is 0 Å². The van der Waals surface area contributed by atoms with Crippen molar-refractivity contribution in [3.05, 3.63) is 105 Å².